The molecule has 6 nitrogen and oxygen atoms in total. The van der Waals surface area contributed by atoms with Crippen LogP contribution in [0.3, 0.4) is 0 Å². The van der Waals surface area contributed by atoms with E-state index < -0.39 is 0 Å². The molecule has 0 aliphatic carbocycles. The predicted octanol–water partition coefficient (Wildman–Crippen LogP) is 1.16. The summed E-state index contributed by atoms with van der Waals surface area (Å²) >= 11 is 0. The molecule has 0 spiro atoms. The van der Waals surface area contributed by atoms with Crippen LogP contribution < -0.4 is 9.80 Å². The Balaban J connectivity index is 1.65. The molecule has 1 atom stereocenters. The monoisotopic (exact) mass is 410 g/mol. The van der Waals surface area contributed by atoms with E-state index >= 15 is 0 Å². The minimum absolute atomic E-state index is 0.0243. The minimum atomic E-state index is -0.223. The van der Waals surface area contributed by atoms with Crippen LogP contribution in [0.25, 0.3) is 0 Å². The van der Waals surface area contributed by atoms with Crippen molar-refractivity contribution in [1.29, 1.82) is 0 Å². The highest BCUT2D eigenvalue weighted by Crippen LogP contribution is 2.25. The van der Waals surface area contributed by atoms with Gasteiger partial charge in [-0.05, 0) is 67.1 Å². The second-order valence-electron chi connectivity index (χ2n) is 8.73. The molecule has 1 saturated heterocycles. The molecule has 0 radical (unpaired) electrons. The van der Waals surface area contributed by atoms with Crippen LogP contribution in [0.5, 0.6) is 0 Å². The summed E-state index contributed by atoms with van der Waals surface area (Å²) in [5.41, 5.74) is 2.21. The van der Waals surface area contributed by atoms with Crippen LogP contribution in [-0.4, -0.2) is 46.4 Å². The summed E-state index contributed by atoms with van der Waals surface area (Å²) in [4.78, 5) is 2.93. The van der Waals surface area contributed by atoms with E-state index in [0.29, 0.717) is 0 Å². The summed E-state index contributed by atoms with van der Waals surface area (Å²) in [6, 6.07) is 17.5. The average Bonchev–Trinajstić information content (AvgIpc) is 3.27. The van der Waals surface area contributed by atoms with Gasteiger partial charge in [0, 0.05) is 5.56 Å². The maximum Gasteiger partial charge on any atom is 0.214 e. The molecule has 1 aliphatic heterocycles. The molecular weight excluding hydrogens is 379 g/mol. The normalized spacial score (nSPS) is 20.8. The Kier molecular flexibility index (Phi) is 5.92. The van der Waals surface area contributed by atoms with Gasteiger partial charge in [0.05, 0.1) is 5.54 Å². The van der Waals surface area contributed by atoms with E-state index in [9.17, 15) is 4.39 Å². The third-order valence-corrected chi connectivity index (χ3v) is 6.48. The lowest BCUT2D eigenvalue weighted by Crippen LogP contribution is -3.26. The van der Waals surface area contributed by atoms with Crippen molar-refractivity contribution < 1.29 is 14.2 Å². The zero-order valence-electron chi connectivity index (χ0n) is 18.0. The van der Waals surface area contributed by atoms with Crippen molar-refractivity contribution in [3.8, 4) is 0 Å². The van der Waals surface area contributed by atoms with Crippen LogP contribution >= 0.6 is 0 Å². The lowest BCUT2D eigenvalue weighted by atomic mass is 9.99. The average molecular weight is 411 g/mol. The number of piperazine rings is 1. The highest BCUT2D eigenvalue weighted by molar-refractivity contribution is 5.28. The first-order valence-electron chi connectivity index (χ1n) is 10.8. The van der Waals surface area contributed by atoms with E-state index in [-0.39, 0.29) is 17.4 Å². The van der Waals surface area contributed by atoms with Crippen LogP contribution in [0.15, 0.2) is 54.6 Å². The van der Waals surface area contributed by atoms with Crippen LogP contribution in [0, 0.1) is 5.82 Å². The Bertz CT molecular complexity index is 945. The highest BCUT2D eigenvalue weighted by atomic mass is 19.1. The smallest absolute Gasteiger partial charge is 0.214 e. The van der Waals surface area contributed by atoms with Gasteiger partial charge in [-0.1, -0.05) is 25.1 Å². The molecule has 4 rings (SSSR count). The van der Waals surface area contributed by atoms with Crippen LogP contribution in [-0.2, 0) is 5.54 Å². The molecular formula is C23H31FN6+2. The van der Waals surface area contributed by atoms with Gasteiger partial charge < -0.3 is 4.90 Å². The second kappa shape index (κ2) is 8.62. The van der Waals surface area contributed by atoms with Gasteiger partial charge in [-0.15, -0.1) is 5.10 Å². The number of aromatic nitrogens is 4. The first-order valence-corrected chi connectivity index (χ1v) is 10.8. The van der Waals surface area contributed by atoms with E-state index in [4.69, 9.17) is 0 Å². The van der Waals surface area contributed by atoms with Crippen molar-refractivity contribution in [3.63, 3.8) is 0 Å². The maximum absolute atomic E-state index is 13.6. The largest absolute Gasteiger partial charge is 0.313 e. The molecule has 1 aliphatic rings. The lowest BCUT2D eigenvalue weighted by Gasteiger charge is -2.35. The molecule has 3 aromatic rings. The number of hydrogen-bond donors (Lipinski definition) is 2. The molecule has 0 unspecified atom stereocenters. The Morgan fingerprint density at radius 3 is 2.30 bits per heavy atom. The number of rotatable bonds is 6. The van der Waals surface area contributed by atoms with Gasteiger partial charge >= 0.3 is 0 Å². The maximum atomic E-state index is 13.6. The van der Waals surface area contributed by atoms with E-state index in [1.54, 1.807) is 0 Å². The van der Waals surface area contributed by atoms with E-state index in [1.807, 2.05) is 16.8 Å². The van der Waals surface area contributed by atoms with Crippen molar-refractivity contribution in [2.24, 2.45) is 0 Å². The summed E-state index contributed by atoms with van der Waals surface area (Å²) in [7, 11) is 0. The zero-order chi connectivity index (χ0) is 21.1. The summed E-state index contributed by atoms with van der Waals surface area (Å²) in [5, 5.41) is 12.8. The highest BCUT2D eigenvalue weighted by Gasteiger charge is 2.38. The predicted molar refractivity (Wildman–Crippen MR) is 113 cm³/mol. The number of nitrogens with one attached hydrogen (secondary N) is 2. The molecule has 1 fully saturated rings. The van der Waals surface area contributed by atoms with E-state index in [0.717, 1.165) is 44.0 Å². The Morgan fingerprint density at radius 2 is 1.67 bits per heavy atom. The van der Waals surface area contributed by atoms with Crippen LogP contribution in [0.1, 0.15) is 44.6 Å². The molecule has 1 aromatic heterocycles. The number of para-hydroxylation sites is 1. The number of nitrogens with zero attached hydrogens (tertiary/aromatic N) is 4. The molecule has 7 heteroatoms. The molecule has 2 N–H and O–H groups in total. The third-order valence-electron chi connectivity index (χ3n) is 6.48. The Morgan fingerprint density at radius 1 is 1.00 bits per heavy atom. The Labute approximate surface area is 177 Å². The van der Waals surface area contributed by atoms with Gasteiger partial charge in [-0.3, -0.25) is 4.90 Å². The summed E-state index contributed by atoms with van der Waals surface area (Å²) in [6.07, 6.45) is 0.919. The molecule has 2 heterocycles. The van der Waals surface area contributed by atoms with Crippen molar-refractivity contribution in [3.05, 3.63) is 71.8 Å². The molecule has 0 bridgehead atoms. The topological polar surface area (TPSA) is 52.5 Å². The number of benzene rings is 2. The zero-order valence-corrected chi connectivity index (χ0v) is 18.0. The van der Waals surface area contributed by atoms with Gasteiger partial charge in [-0.2, -0.15) is 0 Å². The quantitative estimate of drug-likeness (QED) is 0.641. The first-order chi connectivity index (χ1) is 14.5. The molecule has 0 amide bonds. The van der Waals surface area contributed by atoms with Crippen molar-refractivity contribution >= 4 is 5.69 Å². The van der Waals surface area contributed by atoms with Gasteiger partial charge in [0.15, 0.2) is 6.04 Å². The lowest BCUT2D eigenvalue weighted by molar-refractivity contribution is -1.00. The fourth-order valence-electron chi connectivity index (χ4n) is 4.30. The molecule has 0 saturated carbocycles. The van der Waals surface area contributed by atoms with Gasteiger partial charge in [0.25, 0.3) is 0 Å². The number of halogens is 1. The van der Waals surface area contributed by atoms with E-state index in [2.05, 4.69) is 66.6 Å². The number of tetrazole rings is 1. The van der Waals surface area contributed by atoms with Crippen molar-refractivity contribution in [2.45, 2.75) is 38.8 Å². The number of hydrogen-bond acceptors (Lipinski definition) is 3. The van der Waals surface area contributed by atoms with Gasteiger partial charge in [0.1, 0.15) is 37.7 Å². The summed E-state index contributed by atoms with van der Waals surface area (Å²) < 4.78 is 15.6. The van der Waals surface area contributed by atoms with E-state index in [1.165, 1.54) is 27.6 Å². The fraction of sp³-hybridized carbons (Fsp3) is 0.435. The van der Waals surface area contributed by atoms with Crippen molar-refractivity contribution in [1.82, 2.24) is 20.2 Å². The second-order valence-corrected chi connectivity index (χ2v) is 8.73. The van der Waals surface area contributed by atoms with Gasteiger partial charge in [0.2, 0.25) is 5.82 Å². The fourth-order valence-corrected chi connectivity index (χ4v) is 4.30. The molecule has 30 heavy (non-hydrogen) atoms. The SMILES string of the molecule is CCC(C)(C)n1nnnc1[C@@H](c1ccc(F)cc1)[NH+]1CC[NH+](c2ccccc2)CC1. The van der Waals surface area contributed by atoms with Gasteiger partial charge in [-0.25, -0.2) is 9.07 Å². The third kappa shape index (κ3) is 4.13. The summed E-state index contributed by atoms with van der Waals surface area (Å²) in [6.45, 7) is 10.5. The Hall–Kier alpha value is -2.64. The molecule has 158 valence electrons. The minimum Gasteiger partial charge on any atom is -0.313 e. The molecule has 2 aromatic carbocycles. The van der Waals surface area contributed by atoms with Crippen LogP contribution in [0.2, 0.25) is 0 Å². The first kappa shape index (κ1) is 20.6. The standard InChI is InChI=1S/C23H29FN6/c1-4-23(2,3)30-22(25-26-27-30)21(18-10-12-19(24)13-11-18)29-16-14-28(15-17-29)20-8-6-5-7-9-20/h5-13,21H,4,14-17H2,1-3H3/p+2/t21-/m1/s1. The summed E-state index contributed by atoms with van der Waals surface area (Å²) in [5.74, 6) is 0.631. The van der Waals surface area contributed by atoms with Crippen LogP contribution in [0.4, 0.5) is 10.1 Å². The number of quaternary nitrogens is 2. The van der Waals surface area contributed by atoms with Crippen molar-refractivity contribution in [2.75, 3.05) is 26.2 Å².